The monoisotopic (exact) mass is 422 g/mol. The zero-order valence-corrected chi connectivity index (χ0v) is 18.3. The van der Waals surface area contributed by atoms with Gasteiger partial charge in [-0.15, -0.1) is 0 Å². The third-order valence-corrected chi connectivity index (χ3v) is 6.19. The highest BCUT2D eigenvalue weighted by Gasteiger charge is 2.20. The summed E-state index contributed by atoms with van der Waals surface area (Å²) in [5, 5.41) is 0.657. The zero-order chi connectivity index (χ0) is 20.9. The van der Waals surface area contributed by atoms with Gasteiger partial charge >= 0.3 is 0 Å². The van der Waals surface area contributed by atoms with Gasteiger partial charge in [0.25, 0.3) is 0 Å². The number of hydrogen-bond donors (Lipinski definition) is 0. The van der Waals surface area contributed by atoms with E-state index in [1.165, 1.54) is 10.6 Å². The van der Waals surface area contributed by atoms with Crippen LogP contribution in [0.15, 0.2) is 42.5 Å². The number of carbonyl (C=O) groups is 1. The summed E-state index contributed by atoms with van der Waals surface area (Å²) in [6.07, 6.45) is 1.93. The molecule has 0 radical (unpaired) electrons. The largest absolute Gasteiger partial charge is 0.341 e. The van der Waals surface area contributed by atoms with E-state index in [2.05, 4.69) is 0 Å². The van der Waals surface area contributed by atoms with Gasteiger partial charge in [0.2, 0.25) is 15.9 Å². The summed E-state index contributed by atoms with van der Waals surface area (Å²) in [5.74, 6) is -0.0237. The zero-order valence-electron chi connectivity index (χ0n) is 16.8. The molecule has 0 aliphatic rings. The molecule has 0 fully saturated rings. The van der Waals surface area contributed by atoms with Crippen LogP contribution in [0, 0.1) is 13.8 Å². The van der Waals surface area contributed by atoms with E-state index in [1.807, 2.05) is 38.1 Å². The fourth-order valence-corrected chi connectivity index (χ4v) is 4.13. The molecule has 152 valence electrons. The molecule has 2 aromatic carbocycles. The Hall–Kier alpha value is -2.05. The maximum atomic E-state index is 12.4. The highest BCUT2D eigenvalue weighted by molar-refractivity contribution is 7.92. The minimum atomic E-state index is -3.43. The van der Waals surface area contributed by atoms with Crippen LogP contribution in [0.5, 0.6) is 0 Å². The standard InChI is InChI=1S/C21H27ClN2O3S/c1-16-7-5-8-20(17(16)2)24(28(4,26)27)14-6-9-21(25)23(3)15-18-10-12-19(22)13-11-18/h5,7-8,10-13H,6,9,14-15H2,1-4H3. The van der Waals surface area contributed by atoms with Crippen LogP contribution < -0.4 is 4.31 Å². The lowest BCUT2D eigenvalue weighted by Crippen LogP contribution is -2.33. The summed E-state index contributed by atoms with van der Waals surface area (Å²) < 4.78 is 26.0. The van der Waals surface area contributed by atoms with Gasteiger partial charge in [0.15, 0.2) is 0 Å². The normalized spacial score (nSPS) is 11.3. The summed E-state index contributed by atoms with van der Waals surface area (Å²) >= 11 is 5.88. The van der Waals surface area contributed by atoms with E-state index < -0.39 is 10.0 Å². The second-order valence-electron chi connectivity index (χ2n) is 7.03. The first-order valence-electron chi connectivity index (χ1n) is 9.12. The third-order valence-electron chi connectivity index (χ3n) is 4.76. The van der Waals surface area contributed by atoms with E-state index in [-0.39, 0.29) is 18.9 Å². The number of benzene rings is 2. The quantitative estimate of drug-likeness (QED) is 0.641. The van der Waals surface area contributed by atoms with Crippen LogP contribution in [0.2, 0.25) is 5.02 Å². The molecule has 2 aromatic rings. The van der Waals surface area contributed by atoms with E-state index in [0.717, 1.165) is 16.7 Å². The van der Waals surface area contributed by atoms with Gasteiger partial charge in [0.05, 0.1) is 11.9 Å². The summed E-state index contributed by atoms with van der Waals surface area (Å²) in [5.41, 5.74) is 3.63. The maximum absolute atomic E-state index is 12.4. The lowest BCUT2D eigenvalue weighted by Gasteiger charge is -2.25. The van der Waals surface area contributed by atoms with Crippen molar-refractivity contribution in [3.05, 3.63) is 64.2 Å². The minimum absolute atomic E-state index is 0.0237. The molecular formula is C21H27ClN2O3S. The molecule has 1 amide bonds. The average Bonchev–Trinajstić information content (AvgIpc) is 2.62. The van der Waals surface area contributed by atoms with Crippen molar-refractivity contribution in [2.75, 3.05) is 24.2 Å². The first-order valence-corrected chi connectivity index (χ1v) is 11.3. The number of amides is 1. The van der Waals surface area contributed by atoms with Crippen LogP contribution >= 0.6 is 11.6 Å². The number of nitrogens with zero attached hydrogens (tertiary/aromatic N) is 2. The van der Waals surface area contributed by atoms with Gasteiger partial charge in [-0.2, -0.15) is 0 Å². The van der Waals surface area contributed by atoms with Crippen molar-refractivity contribution in [1.82, 2.24) is 4.90 Å². The summed E-state index contributed by atoms with van der Waals surface area (Å²) in [4.78, 5) is 14.1. The number of carbonyl (C=O) groups excluding carboxylic acids is 1. The fraction of sp³-hybridized carbons (Fsp3) is 0.381. The highest BCUT2D eigenvalue weighted by atomic mass is 35.5. The van der Waals surface area contributed by atoms with Crippen LogP contribution in [-0.4, -0.2) is 39.1 Å². The SMILES string of the molecule is Cc1cccc(N(CCCC(=O)N(C)Cc2ccc(Cl)cc2)S(C)(=O)=O)c1C. The van der Waals surface area contributed by atoms with Gasteiger partial charge in [-0.1, -0.05) is 35.9 Å². The molecule has 2 rings (SSSR count). The van der Waals surface area contributed by atoms with Crippen LogP contribution in [0.25, 0.3) is 0 Å². The predicted octanol–water partition coefficient (Wildman–Crippen LogP) is 4.16. The van der Waals surface area contributed by atoms with Crippen LogP contribution in [0.1, 0.15) is 29.5 Å². The second-order valence-corrected chi connectivity index (χ2v) is 9.38. The molecule has 5 nitrogen and oxygen atoms in total. The van der Waals surface area contributed by atoms with Crippen LogP contribution in [-0.2, 0) is 21.4 Å². The van der Waals surface area contributed by atoms with Gasteiger partial charge in [-0.05, 0) is 55.2 Å². The minimum Gasteiger partial charge on any atom is -0.341 e. The lowest BCUT2D eigenvalue weighted by atomic mass is 10.1. The van der Waals surface area contributed by atoms with Gasteiger partial charge in [-0.3, -0.25) is 9.10 Å². The van der Waals surface area contributed by atoms with Crippen molar-refractivity contribution in [1.29, 1.82) is 0 Å². The molecule has 0 saturated heterocycles. The van der Waals surface area contributed by atoms with Gasteiger partial charge < -0.3 is 4.90 Å². The summed E-state index contributed by atoms with van der Waals surface area (Å²) in [6, 6.07) is 13.0. The molecule has 0 aromatic heterocycles. The van der Waals surface area contributed by atoms with Crippen molar-refractivity contribution >= 4 is 33.2 Å². The molecule has 0 atom stereocenters. The van der Waals surface area contributed by atoms with E-state index >= 15 is 0 Å². The van der Waals surface area contributed by atoms with Crippen molar-refractivity contribution in [3.63, 3.8) is 0 Å². The maximum Gasteiger partial charge on any atom is 0.232 e. The molecular weight excluding hydrogens is 396 g/mol. The Balaban J connectivity index is 1.99. The molecule has 0 heterocycles. The number of rotatable bonds is 8. The Labute approximate surface area is 173 Å². The summed E-state index contributed by atoms with van der Waals surface area (Å²) in [7, 11) is -1.69. The first kappa shape index (κ1) is 22.2. The number of sulfonamides is 1. The third kappa shape index (κ3) is 5.97. The van der Waals surface area contributed by atoms with E-state index in [1.54, 1.807) is 30.1 Å². The molecule has 0 bridgehead atoms. The predicted molar refractivity (Wildman–Crippen MR) is 115 cm³/mol. The van der Waals surface area contributed by atoms with Crippen LogP contribution in [0.3, 0.4) is 0 Å². The Kier molecular flexibility index (Phi) is 7.49. The Morgan fingerprint density at radius 1 is 1.07 bits per heavy atom. The van der Waals surface area contributed by atoms with Crippen LogP contribution in [0.4, 0.5) is 5.69 Å². The second kappa shape index (κ2) is 9.43. The number of hydrogen-bond acceptors (Lipinski definition) is 3. The molecule has 28 heavy (non-hydrogen) atoms. The lowest BCUT2D eigenvalue weighted by molar-refractivity contribution is -0.130. The number of anilines is 1. The van der Waals surface area contributed by atoms with Gasteiger partial charge in [0.1, 0.15) is 0 Å². The molecule has 0 unspecified atom stereocenters. The van der Waals surface area contributed by atoms with E-state index in [0.29, 0.717) is 23.7 Å². The smallest absolute Gasteiger partial charge is 0.232 e. The molecule has 0 spiro atoms. The Morgan fingerprint density at radius 2 is 1.71 bits per heavy atom. The van der Waals surface area contributed by atoms with Crippen molar-refractivity contribution in [2.24, 2.45) is 0 Å². The molecule has 0 aliphatic carbocycles. The van der Waals surface area contributed by atoms with Gasteiger partial charge in [0, 0.05) is 31.6 Å². The molecule has 7 heteroatoms. The fourth-order valence-electron chi connectivity index (χ4n) is 2.99. The number of halogens is 1. The number of aryl methyl sites for hydroxylation is 1. The molecule has 0 saturated carbocycles. The van der Waals surface area contributed by atoms with Crippen molar-refractivity contribution in [2.45, 2.75) is 33.2 Å². The highest BCUT2D eigenvalue weighted by Crippen LogP contribution is 2.25. The van der Waals surface area contributed by atoms with E-state index in [4.69, 9.17) is 11.6 Å². The molecule has 0 aliphatic heterocycles. The topological polar surface area (TPSA) is 57.7 Å². The van der Waals surface area contributed by atoms with E-state index in [9.17, 15) is 13.2 Å². The Morgan fingerprint density at radius 3 is 2.32 bits per heavy atom. The Bertz CT molecular complexity index is 927. The summed E-state index contributed by atoms with van der Waals surface area (Å²) in [6.45, 7) is 4.62. The van der Waals surface area contributed by atoms with Crippen molar-refractivity contribution in [3.8, 4) is 0 Å². The van der Waals surface area contributed by atoms with Gasteiger partial charge in [-0.25, -0.2) is 8.42 Å². The van der Waals surface area contributed by atoms with Crippen molar-refractivity contribution < 1.29 is 13.2 Å². The first-order chi connectivity index (χ1) is 13.1. The average molecular weight is 423 g/mol. The molecule has 0 N–H and O–H groups in total.